The van der Waals surface area contributed by atoms with Gasteiger partial charge in [0.05, 0.1) is 5.57 Å². The van der Waals surface area contributed by atoms with Gasteiger partial charge in [-0.05, 0) is 5.41 Å². The fourth-order valence-electron chi connectivity index (χ4n) is 1.42. The lowest BCUT2D eigenvalue weighted by Gasteiger charge is -2.28. The zero-order valence-corrected chi connectivity index (χ0v) is 10.7. The Morgan fingerprint density at radius 2 is 1.50 bits per heavy atom. The van der Waals surface area contributed by atoms with Crippen molar-refractivity contribution in [3.05, 3.63) is 11.3 Å². The van der Waals surface area contributed by atoms with Crippen molar-refractivity contribution in [1.29, 1.82) is 0 Å². The molecule has 0 aliphatic heterocycles. The lowest BCUT2D eigenvalue weighted by Crippen LogP contribution is -2.26. The van der Waals surface area contributed by atoms with Gasteiger partial charge in [-0.1, -0.05) is 41.5 Å². The predicted octanol–water partition coefficient (Wildman–Crippen LogP) is 2.59. The number of hydrogen-bond acceptors (Lipinski definition) is 3. The Hall–Kier alpha value is -1.32. The molecule has 0 heterocycles. The maximum absolute atomic E-state index is 11.3. The predicted molar refractivity (Wildman–Crippen MR) is 60.7 cm³/mol. The van der Waals surface area contributed by atoms with Gasteiger partial charge in [0.1, 0.15) is 5.76 Å². The molecule has 1 N–H and O–H groups in total. The normalized spacial score (nSPS) is 14.1. The molecular weight excluding hydrogens is 208 g/mol. The standard InChI is InChI=1S/C12H20O4/c1-11(2,3)8(10(14)15)9(16-7-13)12(4,5)6/h7H,1-6H3,(H,14,15)/b9-8+. The summed E-state index contributed by atoms with van der Waals surface area (Å²) in [4.78, 5) is 21.7. The summed E-state index contributed by atoms with van der Waals surface area (Å²) >= 11 is 0. The maximum atomic E-state index is 11.3. The summed E-state index contributed by atoms with van der Waals surface area (Å²) in [7, 11) is 0. The largest absolute Gasteiger partial charge is 0.478 e. The Morgan fingerprint density at radius 3 is 1.69 bits per heavy atom. The third kappa shape index (κ3) is 3.68. The molecule has 0 fully saturated rings. The molecule has 0 radical (unpaired) electrons. The van der Waals surface area contributed by atoms with Crippen molar-refractivity contribution in [1.82, 2.24) is 0 Å². The summed E-state index contributed by atoms with van der Waals surface area (Å²) < 4.78 is 4.87. The highest BCUT2D eigenvalue weighted by atomic mass is 16.5. The first-order chi connectivity index (χ1) is 7.01. The summed E-state index contributed by atoms with van der Waals surface area (Å²) in [5, 5.41) is 9.22. The SMILES string of the molecule is CC(C)(C)/C(OC=O)=C(/C(=O)O)C(C)(C)C. The van der Waals surface area contributed by atoms with Gasteiger partial charge in [-0.2, -0.15) is 0 Å². The molecule has 0 aliphatic carbocycles. The lowest BCUT2D eigenvalue weighted by atomic mass is 9.79. The molecule has 4 nitrogen and oxygen atoms in total. The number of carboxylic acids is 1. The average Bonchev–Trinajstić information content (AvgIpc) is 1.98. The first kappa shape index (κ1) is 14.7. The Labute approximate surface area is 96.3 Å². The number of carbonyl (C=O) groups excluding carboxylic acids is 1. The van der Waals surface area contributed by atoms with Crippen LogP contribution in [0.1, 0.15) is 41.5 Å². The van der Waals surface area contributed by atoms with E-state index >= 15 is 0 Å². The Kier molecular flexibility index (Phi) is 4.29. The molecule has 0 rings (SSSR count). The van der Waals surface area contributed by atoms with Gasteiger partial charge in [0.25, 0.3) is 6.47 Å². The summed E-state index contributed by atoms with van der Waals surface area (Å²) in [5.41, 5.74) is -0.980. The van der Waals surface area contributed by atoms with E-state index in [2.05, 4.69) is 0 Å². The van der Waals surface area contributed by atoms with Crippen molar-refractivity contribution >= 4 is 12.4 Å². The highest BCUT2D eigenvalue weighted by Gasteiger charge is 2.34. The van der Waals surface area contributed by atoms with Crippen LogP contribution in [0.2, 0.25) is 0 Å². The fourth-order valence-corrected chi connectivity index (χ4v) is 1.42. The Morgan fingerprint density at radius 1 is 1.06 bits per heavy atom. The Bertz CT molecular complexity index is 313. The van der Waals surface area contributed by atoms with Gasteiger partial charge in [0.15, 0.2) is 0 Å². The molecular formula is C12H20O4. The minimum absolute atomic E-state index is 0.132. The topological polar surface area (TPSA) is 63.6 Å². The van der Waals surface area contributed by atoms with Crippen molar-refractivity contribution in [2.45, 2.75) is 41.5 Å². The van der Waals surface area contributed by atoms with Gasteiger partial charge in [-0.25, -0.2) is 4.79 Å². The second-order valence-corrected chi connectivity index (χ2v) is 5.72. The summed E-state index contributed by atoms with van der Waals surface area (Å²) in [6, 6.07) is 0. The second kappa shape index (κ2) is 4.68. The van der Waals surface area contributed by atoms with Crippen LogP contribution in [-0.2, 0) is 14.3 Å². The van der Waals surface area contributed by atoms with Gasteiger partial charge in [0.2, 0.25) is 0 Å². The molecule has 4 heteroatoms. The van der Waals surface area contributed by atoms with Crippen LogP contribution in [0.15, 0.2) is 11.3 Å². The number of allylic oxidation sites excluding steroid dienone is 1. The van der Waals surface area contributed by atoms with E-state index in [1.54, 1.807) is 41.5 Å². The minimum atomic E-state index is -1.06. The monoisotopic (exact) mass is 228 g/mol. The van der Waals surface area contributed by atoms with Crippen LogP contribution in [0, 0.1) is 10.8 Å². The summed E-state index contributed by atoms with van der Waals surface area (Å²) in [6.07, 6.45) is 0. The lowest BCUT2D eigenvalue weighted by molar-refractivity contribution is -0.134. The van der Waals surface area contributed by atoms with E-state index in [0.717, 1.165) is 0 Å². The van der Waals surface area contributed by atoms with Crippen LogP contribution in [0.25, 0.3) is 0 Å². The number of hydrogen-bond donors (Lipinski definition) is 1. The van der Waals surface area contributed by atoms with Crippen molar-refractivity contribution in [2.75, 3.05) is 0 Å². The first-order valence-corrected chi connectivity index (χ1v) is 5.10. The van der Waals surface area contributed by atoms with Crippen molar-refractivity contribution < 1.29 is 19.4 Å². The van der Waals surface area contributed by atoms with E-state index in [1.165, 1.54) is 0 Å². The molecule has 92 valence electrons. The zero-order chi connectivity index (χ0) is 13.1. The van der Waals surface area contributed by atoms with Crippen LogP contribution in [-0.4, -0.2) is 17.5 Å². The quantitative estimate of drug-likeness (QED) is 0.458. The smallest absolute Gasteiger partial charge is 0.335 e. The van der Waals surface area contributed by atoms with E-state index in [9.17, 15) is 14.7 Å². The molecule has 0 saturated heterocycles. The molecule has 0 bridgehead atoms. The molecule has 0 saturated carbocycles. The molecule has 0 aromatic carbocycles. The van der Waals surface area contributed by atoms with Crippen LogP contribution in [0.3, 0.4) is 0 Å². The third-order valence-electron chi connectivity index (χ3n) is 2.04. The zero-order valence-electron chi connectivity index (χ0n) is 10.7. The van der Waals surface area contributed by atoms with Crippen molar-refractivity contribution in [3.63, 3.8) is 0 Å². The fraction of sp³-hybridized carbons (Fsp3) is 0.667. The van der Waals surface area contributed by atoms with Crippen molar-refractivity contribution in [2.24, 2.45) is 10.8 Å². The molecule has 0 unspecified atom stereocenters. The van der Waals surface area contributed by atoms with E-state index in [1.807, 2.05) is 0 Å². The molecule has 0 atom stereocenters. The molecule has 0 spiro atoms. The molecule has 0 aromatic heterocycles. The van der Waals surface area contributed by atoms with Crippen molar-refractivity contribution in [3.8, 4) is 0 Å². The number of ether oxygens (including phenoxy) is 1. The van der Waals surface area contributed by atoms with Crippen LogP contribution in [0.4, 0.5) is 0 Å². The van der Waals surface area contributed by atoms with Gasteiger partial charge in [-0.3, -0.25) is 4.79 Å². The van der Waals surface area contributed by atoms with Gasteiger partial charge < -0.3 is 9.84 Å². The molecule has 0 amide bonds. The van der Waals surface area contributed by atoms with E-state index < -0.39 is 16.8 Å². The van der Waals surface area contributed by atoms with E-state index in [0.29, 0.717) is 0 Å². The molecule has 16 heavy (non-hydrogen) atoms. The highest BCUT2D eigenvalue weighted by Crippen LogP contribution is 2.36. The van der Waals surface area contributed by atoms with Gasteiger partial charge in [0, 0.05) is 5.41 Å². The first-order valence-electron chi connectivity index (χ1n) is 5.10. The van der Waals surface area contributed by atoms with Crippen LogP contribution in [0.5, 0.6) is 0 Å². The maximum Gasteiger partial charge on any atom is 0.335 e. The minimum Gasteiger partial charge on any atom is -0.478 e. The number of aliphatic carboxylic acids is 1. The average molecular weight is 228 g/mol. The van der Waals surface area contributed by atoms with Crippen LogP contribution >= 0.6 is 0 Å². The summed E-state index contributed by atoms with van der Waals surface area (Å²) in [6.45, 7) is 11.0. The number of carbonyl (C=O) groups is 2. The number of carboxylic acid groups (broad SMARTS) is 1. The third-order valence-corrected chi connectivity index (χ3v) is 2.04. The van der Waals surface area contributed by atoms with E-state index in [-0.39, 0.29) is 17.8 Å². The number of rotatable bonds is 3. The summed E-state index contributed by atoms with van der Waals surface area (Å²) in [5.74, 6) is -0.846. The highest BCUT2D eigenvalue weighted by molar-refractivity contribution is 5.89. The Balaban J connectivity index is 5.85. The van der Waals surface area contributed by atoms with E-state index in [4.69, 9.17) is 4.74 Å². The van der Waals surface area contributed by atoms with Gasteiger partial charge in [-0.15, -0.1) is 0 Å². The van der Waals surface area contributed by atoms with Crippen LogP contribution < -0.4 is 0 Å². The van der Waals surface area contributed by atoms with Gasteiger partial charge >= 0.3 is 5.97 Å². The molecule has 0 aliphatic rings. The molecule has 0 aromatic rings. The second-order valence-electron chi connectivity index (χ2n) is 5.72.